The molecule has 0 atom stereocenters. The minimum atomic E-state index is 0.773. The lowest BCUT2D eigenvalue weighted by Crippen LogP contribution is -2.09. The maximum absolute atomic E-state index is 4.59. The first-order chi connectivity index (χ1) is 9.67. The third kappa shape index (κ3) is 2.98. The van der Waals surface area contributed by atoms with E-state index in [0.29, 0.717) is 0 Å². The van der Waals surface area contributed by atoms with Crippen molar-refractivity contribution in [1.82, 2.24) is 19.5 Å². The van der Waals surface area contributed by atoms with Crippen molar-refractivity contribution in [3.05, 3.63) is 23.8 Å². The van der Waals surface area contributed by atoms with Crippen LogP contribution in [0.5, 0.6) is 0 Å². The van der Waals surface area contributed by atoms with Gasteiger partial charge in [-0.15, -0.1) is 0 Å². The zero-order valence-electron chi connectivity index (χ0n) is 12.8. The van der Waals surface area contributed by atoms with E-state index in [1.807, 2.05) is 19.3 Å². The summed E-state index contributed by atoms with van der Waals surface area (Å²) in [6.07, 6.45) is 5.99. The first-order valence-corrected chi connectivity index (χ1v) is 7.28. The molecule has 0 aliphatic carbocycles. The second kappa shape index (κ2) is 6.50. The smallest absolute Gasteiger partial charge is 0.159 e. The first kappa shape index (κ1) is 14.5. The van der Waals surface area contributed by atoms with Crippen molar-refractivity contribution in [3.63, 3.8) is 0 Å². The van der Waals surface area contributed by atoms with E-state index in [4.69, 9.17) is 0 Å². The predicted octanol–water partition coefficient (Wildman–Crippen LogP) is 3.19. The number of hydrogen-bond acceptors (Lipinski definition) is 4. The highest BCUT2D eigenvalue weighted by molar-refractivity contribution is 5.63. The molecule has 1 N–H and O–H groups in total. The van der Waals surface area contributed by atoms with Crippen LogP contribution in [0.1, 0.15) is 38.1 Å². The van der Waals surface area contributed by atoms with Crippen LogP contribution in [-0.2, 0) is 6.54 Å². The van der Waals surface area contributed by atoms with E-state index >= 15 is 0 Å². The van der Waals surface area contributed by atoms with Crippen molar-refractivity contribution in [1.29, 1.82) is 0 Å². The molecule has 0 amide bonds. The van der Waals surface area contributed by atoms with Gasteiger partial charge in [0.05, 0.1) is 0 Å². The van der Waals surface area contributed by atoms with Crippen LogP contribution < -0.4 is 5.32 Å². The summed E-state index contributed by atoms with van der Waals surface area (Å²) in [6.45, 7) is 10.2. The second-order valence-electron chi connectivity index (χ2n) is 4.96. The molecule has 0 saturated carbocycles. The summed E-state index contributed by atoms with van der Waals surface area (Å²) < 4.78 is 2.15. The summed E-state index contributed by atoms with van der Waals surface area (Å²) in [7, 11) is 0. The number of imidazole rings is 1. The number of rotatable bonds is 6. The molecule has 0 radical (unpaired) electrons. The molecule has 0 aliphatic heterocycles. The monoisotopic (exact) mass is 273 g/mol. The van der Waals surface area contributed by atoms with Crippen LogP contribution in [0.25, 0.3) is 11.5 Å². The molecule has 2 aromatic rings. The third-order valence-corrected chi connectivity index (χ3v) is 3.19. The summed E-state index contributed by atoms with van der Waals surface area (Å²) in [5.41, 5.74) is 1.99. The van der Waals surface area contributed by atoms with Gasteiger partial charge < -0.3 is 9.88 Å². The van der Waals surface area contributed by atoms with Crippen LogP contribution in [0, 0.1) is 13.8 Å². The molecule has 0 bridgehead atoms. The van der Waals surface area contributed by atoms with E-state index in [9.17, 15) is 0 Å². The normalized spacial score (nSPS) is 10.8. The zero-order valence-corrected chi connectivity index (χ0v) is 12.8. The number of aryl methyl sites for hydroxylation is 2. The minimum absolute atomic E-state index is 0.773. The highest BCUT2D eigenvalue weighted by Crippen LogP contribution is 2.24. The lowest BCUT2D eigenvalue weighted by Gasteiger charge is -2.13. The van der Waals surface area contributed by atoms with Crippen molar-refractivity contribution in [3.8, 4) is 11.5 Å². The summed E-state index contributed by atoms with van der Waals surface area (Å²) in [5, 5.41) is 3.37. The van der Waals surface area contributed by atoms with Gasteiger partial charge in [0.2, 0.25) is 0 Å². The van der Waals surface area contributed by atoms with Crippen molar-refractivity contribution in [2.75, 3.05) is 11.9 Å². The fourth-order valence-electron chi connectivity index (χ4n) is 2.21. The van der Waals surface area contributed by atoms with Crippen molar-refractivity contribution in [2.45, 2.75) is 47.1 Å². The number of nitrogens with zero attached hydrogens (tertiary/aromatic N) is 4. The van der Waals surface area contributed by atoms with Gasteiger partial charge in [-0.25, -0.2) is 15.0 Å². The van der Waals surface area contributed by atoms with Crippen molar-refractivity contribution in [2.24, 2.45) is 0 Å². The van der Waals surface area contributed by atoms with Crippen molar-refractivity contribution < 1.29 is 0 Å². The fourth-order valence-corrected chi connectivity index (χ4v) is 2.21. The van der Waals surface area contributed by atoms with Crippen LogP contribution in [0.15, 0.2) is 12.4 Å². The van der Waals surface area contributed by atoms with E-state index in [0.717, 1.165) is 54.7 Å². The van der Waals surface area contributed by atoms with E-state index in [2.05, 4.69) is 45.6 Å². The number of nitrogens with one attached hydrogen (secondary N) is 1. The molecule has 5 heteroatoms. The van der Waals surface area contributed by atoms with E-state index in [1.54, 1.807) is 0 Å². The van der Waals surface area contributed by atoms with E-state index < -0.39 is 0 Å². The molecular formula is C15H23N5. The van der Waals surface area contributed by atoms with Gasteiger partial charge in [-0.3, -0.25) is 0 Å². The lowest BCUT2D eigenvalue weighted by atomic mass is 10.2. The Labute approximate surface area is 120 Å². The summed E-state index contributed by atoms with van der Waals surface area (Å²) in [6, 6.07) is 0. The van der Waals surface area contributed by atoms with Crippen LogP contribution in [0.4, 0.5) is 5.82 Å². The zero-order chi connectivity index (χ0) is 14.5. The predicted molar refractivity (Wildman–Crippen MR) is 81.8 cm³/mol. The minimum Gasteiger partial charge on any atom is -0.370 e. The van der Waals surface area contributed by atoms with Crippen LogP contribution >= 0.6 is 0 Å². The molecule has 0 spiro atoms. The maximum Gasteiger partial charge on any atom is 0.159 e. The molecule has 2 aromatic heterocycles. The molecule has 0 aromatic carbocycles. The molecule has 2 heterocycles. The van der Waals surface area contributed by atoms with Crippen molar-refractivity contribution >= 4 is 5.82 Å². The summed E-state index contributed by atoms with van der Waals surface area (Å²) >= 11 is 0. The maximum atomic E-state index is 4.59. The van der Waals surface area contributed by atoms with Gasteiger partial charge in [0.15, 0.2) is 5.82 Å². The van der Waals surface area contributed by atoms with Crippen LogP contribution in [-0.4, -0.2) is 26.1 Å². The number of anilines is 1. The van der Waals surface area contributed by atoms with Gasteiger partial charge in [-0.2, -0.15) is 0 Å². The molecule has 108 valence electrons. The highest BCUT2D eigenvalue weighted by Gasteiger charge is 2.14. The van der Waals surface area contributed by atoms with E-state index in [-0.39, 0.29) is 0 Å². The largest absolute Gasteiger partial charge is 0.370 e. The van der Waals surface area contributed by atoms with Crippen LogP contribution in [0.3, 0.4) is 0 Å². The number of aromatic nitrogens is 4. The summed E-state index contributed by atoms with van der Waals surface area (Å²) in [4.78, 5) is 13.6. The van der Waals surface area contributed by atoms with Gasteiger partial charge in [0, 0.05) is 31.0 Å². The summed E-state index contributed by atoms with van der Waals surface area (Å²) in [5.74, 6) is 2.62. The molecule has 2 rings (SSSR count). The lowest BCUT2D eigenvalue weighted by molar-refractivity contribution is 0.683. The molecular weight excluding hydrogens is 250 g/mol. The average Bonchev–Trinajstić information content (AvgIpc) is 2.88. The topological polar surface area (TPSA) is 55.6 Å². The molecule has 20 heavy (non-hydrogen) atoms. The standard InChI is InChI=1S/C15H23N5/c1-5-7-16-14-11(3)13(18-12(4)19-14)15-17-8-10-20(15)9-6-2/h8,10H,5-7,9H2,1-4H3,(H,16,18,19). The Morgan fingerprint density at radius 3 is 2.65 bits per heavy atom. The molecule has 0 saturated heterocycles. The molecule has 5 nitrogen and oxygen atoms in total. The Morgan fingerprint density at radius 2 is 1.95 bits per heavy atom. The van der Waals surface area contributed by atoms with Gasteiger partial charge >= 0.3 is 0 Å². The quantitative estimate of drug-likeness (QED) is 0.878. The Hall–Kier alpha value is -1.91. The SMILES string of the molecule is CCCNc1nc(C)nc(-c2nccn2CCC)c1C. The van der Waals surface area contributed by atoms with Gasteiger partial charge in [-0.1, -0.05) is 13.8 Å². The first-order valence-electron chi connectivity index (χ1n) is 7.28. The Kier molecular flexibility index (Phi) is 4.71. The molecule has 0 fully saturated rings. The average molecular weight is 273 g/mol. The fraction of sp³-hybridized carbons (Fsp3) is 0.533. The Bertz CT molecular complexity index is 574. The van der Waals surface area contributed by atoms with E-state index in [1.165, 1.54) is 0 Å². The Balaban J connectivity index is 2.45. The van der Waals surface area contributed by atoms with Gasteiger partial charge in [-0.05, 0) is 26.7 Å². The van der Waals surface area contributed by atoms with Crippen LogP contribution in [0.2, 0.25) is 0 Å². The number of hydrogen-bond donors (Lipinski definition) is 1. The third-order valence-electron chi connectivity index (χ3n) is 3.19. The second-order valence-corrected chi connectivity index (χ2v) is 4.96. The molecule has 0 aliphatic rings. The Morgan fingerprint density at radius 1 is 1.15 bits per heavy atom. The highest BCUT2D eigenvalue weighted by atomic mass is 15.1. The van der Waals surface area contributed by atoms with Gasteiger partial charge in [0.1, 0.15) is 17.3 Å². The van der Waals surface area contributed by atoms with Gasteiger partial charge in [0.25, 0.3) is 0 Å². The molecule has 0 unspecified atom stereocenters.